The molecule has 8 heteroatoms. The molecule has 0 spiro atoms. The largest absolute Gasteiger partial charge is 0.480 e. The van der Waals surface area contributed by atoms with Crippen LogP contribution < -0.4 is 4.72 Å². The zero-order valence-corrected chi connectivity index (χ0v) is 11.6. The van der Waals surface area contributed by atoms with E-state index < -0.39 is 39.3 Å². The van der Waals surface area contributed by atoms with E-state index in [0.29, 0.717) is 0 Å². The van der Waals surface area contributed by atoms with Crippen LogP contribution in [-0.2, 0) is 14.8 Å². The lowest BCUT2D eigenvalue weighted by Gasteiger charge is -2.18. The van der Waals surface area contributed by atoms with Crippen molar-refractivity contribution in [3.8, 4) is 6.07 Å². The first-order valence-corrected chi connectivity index (χ1v) is 7.12. The lowest BCUT2D eigenvalue weighted by Crippen LogP contribution is -2.44. The molecule has 0 aromatic heterocycles. The summed E-state index contributed by atoms with van der Waals surface area (Å²) in [4.78, 5) is 10.6. The highest BCUT2D eigenvalue weighted by molar-refractivity contribution is 7.89. The van der Waals surface area contributed by atoms with Crippen LogP contribution in [0.2, 0.25) is 0 Å². The van der Waals surface area contributed by atoms with Crippen molar-refractivity contribution in [2.24, 2.45) is 5.92 Å². The molecule has 1 atom stereocenters. The second kappa shape index (κ2) is 5.98. The predicted molar refractivity (Wildman–Crippen MR) is 67.7 cm³/mol. The summed E-state index contributed by atoms with van der Waals surface area (Å²) in [5.41, 5.74) is -0.427. The predicted octanol–water partition coefficient (Wildman–Crippen LogP) is 1.08. The standard InChI is InChI=1S/C12H13FN2O4S/c1-7(2)11(12(16)17)15-20(18,19)9-3-4-10(13)8(5-9)6-14/h3-5,7,11,15H,1-2H3,(H,16,17)/t11-/m0/s1. The summed E-state index contributed by atoms with van der Waals surface area (Å²) < 4.78 is 39.2. The van der Waals surface area contributed by atoms with Crippen LogP contribution in [0.1, 0.15) is 19.4 Å². The number of carbonyl (C=O) groups is 1. The number of nitriles is 1. The van der Waals surface area contributed by atoms with Gasteiger partial charge in [-0.3, -0.25) is 4.79 Å². The highest BCUT2D eigenvalue weighted by Crippen LogP contribution is 2.16. The third-order valence-corrected chi connectivity index (χ3v) is 4.02. The van der Waals surface area contributed by atoms with Gasteiger partial charge < -0.3 is 5.11 Å². The van der Waals surface area contributed by atoms with Crippen LogP contribution in [0.4, 0.5) is 4.39 Å². The number of carboxylic acid groups (broad SMARTS) is 1. The van der Waals surface area contributed by atoms with Crippen LogP contribution >= 0.6 is 0 Å². The van der Waals surface area contributed by atoms with E-state index in [-0.39, 0.29) is 4.90 Å². The Morgan fingerprint density at radius 1 is 1.45 bits per heavy atom. The van der Waals surface area contributed by atoms with Gasteiger partial charge in [-0.05, 0) is 24.1 Å². The van der Waals surface area contributed by atoms with Gasteiger partial charge in [-0.25, -0.2) is 12.8 Å². The number of halogens is 1. The molecule has 1 aromatic rings. The first-order valence-electron chi connectivity index (χ1n) is 5.64. The Kier molecular flexibility index (Phi) is 4.81. The Balaban J connectivity index is 3.18. The van der Waals surface area contributed by atoms with Crippen LogP contribution in [0.25, 0.3) is 0 Å². The third kappa shape index (κ3) is 3.53. The van der Waals surface area contributed by atoms with Gasteiger partial charge in [0.15, 0.2) is 0 Å². The Morgan fingerprint density at radius 2 is 2.05 bits per heavy atom. The van der Waals surface area contributed by atoms with Crippen LogP contribution in [-0.4, -0.2) is 25.5 Å². The molecule has 0 aliphatic heterocycles. The number of rotatable bonds is 5. The number of hydrogen-bond acceptors (Lipinski definition) is 4. The minimum absolute atomic E-state index is 0.359. The van der Waals surface area contributed by atoms with Gasteiger partial charge in [-0.1, -0.05) is 13.8 Å². The molecule has 1 rings (SSSR count). The van der Waals surface area contributed by atoms with Crippen molar-refractivity contribution in [1.29, 1.82) is 5.26 Å². The second-order valence-corrected chi connectivity index (χ2v) is 6.15. The fraction of sp³-hybridized carbons (Fsp3) is 0.333. The van der Waals surface area contributed by atoms with Gasteiger partial charge in [0, 0.05) is 0 Å². The van der Waals surface area contributed by atoms with Gasteiger partial charge >= 0.3 is 5.97 Å². The van der Waals surface area contributed by atoms with Crippen molar-refractivity contribution < 1.29 is 22.7 Å². The molecule has 0 fully saturated rings. The van der Waals surface area contributed by atoms with Crippen LogP contribution in [0.15, 0.2) is 23.1 Å². The van der Waals surface area contributed by atoms with Gasteiger partial charge in [-0.15, -0.1) is 0 Å². The van der Waals surface area contributed by atoms with Crippen LogP contribution in [0.5, 0.6) is 0 Å². The zero-order valence-electron chi connectivity index (χ0n) is 10.8. The van der Waals surface area contributed by atoms with E-state index in [1.807, 2.05) is 4.72 Å². The molecule has 0 saturated carbocycles. The normalized spacial score (nSPS) is 12.9. The Morgan fingerprint density at radius 3 is 2.50 bits per heavy atom. The van der Waals surface area contributed by atoms with Crippen molar-refractivity contribution in [3.63, 3.8) is 0 Å². The second-order valence-electron chi connectivity index (χ2n) is 4.43. The van der Waals surface area contributed by atoms with Gasteiger partial charge in [0.05, 0.1) is 10.5 Å². The number of nitrogens with one attached hydrogen (secondary N) is 1. The van der Waals surface area contributed by atoms with Gasteiger partial charge in [-0.2, -0.15) is 9.98 Å². The SMILES string of the molecule is CC(C)[C@H](NS(=O)(=O)c1ccc(F)c(C#N)c1)C(=O)O. The maximum atomic E-state index is 13.1. The average molecular weight is 300 g/mol. The molecule has 6 nitrogen and oxygen atoms in total. The first-order chi connectivity index (χ1) is 9.19. The lowest BCUT2D eigenvalue weighted by molar-refractivity contribution is -0.140. The molecule has 0 radical (unpaired) electrons. The topological polar surface area (TPSA) is 107 Å². The zero-order chi connectivity index (χ0) is 15.5. The summed E-state index contributed by atoms with van der Waals surface area (Å²) in [7, 11) is -4.15. The summed E-state index contributed by atoms with van der Waals surface area (Å²) in [6.45, 7) is 3.10. The maximum Gasteiger partial charge on any atom is 0.322 e. The highest BCUT2D eigenvalue weighted by atomic mass is 32.2. The smallest absolute Gasteiger partial charge is 0.322 e. The van der Waals surface area contributed by atoms with Gasteiger partial charge in [0.25, 0.3) is 0 Å². The number of carboxylic acids is 1. The van der Waals surface area contributed by atoms with Crippen molar-refractivity contribution >= 4 is 16.0 Å². The van der Waals surface area contributed by atoms with Gasteiger partial charge in [0.2, 0.25) is 10.0 Å². The van der Waals surface area contributed by atoms with Gasteiger partial charge in [0.1, 0.15) is 17.9 Å². The summed E-state index contributed by atoms with van der Waals surface area (Å²) in [6, 6.07) is 2.89. The van der Waals surface area contributed by atoms with E-state index in [0.717, 1.165) is 18.2 Å². The van der Waals surface area contributed by atoms with E-state index in [4.69, 9.17) is 10.4 Å². The molecule has 0 aliphatic carbocycles. The van der Waals surface area contributed by atoms with Crippen molar-refractivity contribution in [1.82, 2.24) is 4.72 Å². The molecule has 0 saturated heterocycles. The minimum Gasteiger partial charge on any atom is -0.480 e. The van der Waals surface area contributed by atoms with E-state index in [1.165, 1.54) is 6.07 Å². The van der Waals surface area contributed by atoms with Crippen LogP contribution in [0, 0.1) is 23.1 Å². The van der Waals surface area contributed by atoms with E-state index in [2.05, 4.69) is 0 Å². The molecule has 0 aliphatic rings. The Hall–Kier alpha value is -1.98. The molecule has 108 valence electrons. The molecule has 0 unspecified atom stereocenters. The van der Waals surface area contributed by atoms with E-state index in [9.17, 15) is 17.6 Å². The molecular formula is C12H13FN2O4S. The number of benzene rings is 1. The molecular weight excluding hydrogens is 287 g/mol. The lowest BCUT2D eigenvalue weighted by atomic mass is 10.1. The highest BCUT2D eigenvalue weighted by Gasteiger charge is 2.28. The fourth-order valence-corrected chi connectivity index (χ4v) is 2.83. The first kappa shape index (κ1) is 16.1. The van der Waals surface area contributed by atoms with Crippen molar-refractivity contribution in [3.05, 3.63) is 29.6 Å². The molecule has 2 N–H and O–H groups in total. The quantitative estimate of drug-likeness (QED) is 0.846. The molecule has 20 heavy (non-hydrogen) atoms. The Bertz CT molecular complexity index is 665. The van der Waals surface area contributed by atoms with Crippen molar-refractivity contribution in [2.45, 2.75) is 24.8 Å². The summed E-state index contributed by atoms with van der Waals surface area (Å²) >= 11 is 0. The number of nitrogens with zero attached hydrogens (tertiary/aromatic N) is 1. The number of aliphatic carboxylic acids is 1. The number of hydrogen-bond donors (Lipinski definition) is 2. The monoisotopic (exact) mass is 300 g/mol. The summed E-state index contributed by atoms with van der Waals surface area (Å²) in [5.74, 6) is -2.63. The summed E-state index contributed by atoms with van der Waals surface area (Å²) in [5, 5.41) is 17.6. The molecule has 0 amide bonds. The molecule has 0 heterocycles. The Labute approximate surface area is 115 Å². The maximum absolute atomic E-state index is 13.1. The van der Waals surface area contributed by atoms with E-state index in [1.54, 1.807) is 13.8 Å². The minimum atomic E-state index is -4.15. The number of sulfonamides is 1. The summed E-state index contributed by atoms with van der Waals surface area (Å²) in [6.07, 6.45) is 0. The molecule has 1 aromatic carbocycles. The average Bonchev–Trinajstić information content (AvgIpc) is 2.35. The fourth-order valence-electron chi connectivity index (χ4n) is 1.46. The van der Waals surface area contributed by atoms with Crippen LogP contribution in [0.3, 0.4) is 0 Å². The third-order valence-electron chi connectivity index (χ3n) is 2.58. The van der Waals surface area contributed by atoms with E-state index >= 15 is 0 Å². The molecule has 0 bridgehead atoms. The van der Waals surface area contributed by atoms with Crippen molar-refractivity contribution in [2.75, 3.05) is 0 Å².